The lowest BCUT2D eigenvalue weighted by Crippen LogP contribution is -2.12. The van der Waals surface area contributed by atoms with Crippen molar-refractivity contribution in [2.45, 2.75) is 6.92 Å². The summed E-state index contributed by atoms with van der Waals surface area (Å²) < 4.78 is 1.01. The van der Waals surface area contributed by atoms with Crippen LogP contribution in [0.5, 0.6) is 0 Å². The van der Waals surface area contributed by atoms with E-state index in [9.17, 15) is 4.79 Å². The van der Waals surface area contributed by atoms with Crippen LogP contribution in [-0.2, 0) is 0 Å². The predicted molar refractivity (Wildman–Crippen MR) is 82.9 cm³/mol. The van der Waals surface area contributed by atoms with Gasteiger partial charge in [0.05, 0.1) is 11.8 Å². The highest BCUT2D eigenvalue weighted by molar-refractivity contribution is 9.10. The van der Waals surface area contributed by atoms with Crippen LogP contribution in [0.3, 0.4) is 0 Å². The van der Waals surface area contributed by atoms with E-state index in [-0.39, 0.29) is 5.91 Å². The fourth-order valence-electron chi connectivity index (χ4n) is 2.14. The molecule has 0 fully saturated rings. The third-order valence-corrected chi connectivity index (χ3v) is 3.89. The average molecular weight is 330 g/mol. The van der Waals surface area contributed by atoms with E-state index < -0.39 is 0 Å². The number of carbonyl (C=O) groups is 1. The molecule has 1 heterocycles. The van der Waals surface area contributed by atoms with Gasteiger partial charge in [-0.2, -0.15) is 5.10 Å². The number of nitrogens with one attached hydrogen (secondary N) is 2. The molecule has 1 amide bonds. The Hall–Kier alpha value is -2.14. The minimum atomic E-state index is -0.163. The number of rotatable bonds is 2. The first-order chi connectivity index (χ1) is 9.66. The van der Waals surface area contributed by atoms with Gasteiger partial charge in [-0.3, -0.25) is 9.89 Å². The fraction of sp³-hybridized carbons (Fsp3) is 0.0667. The monoisotopic (exact) mass is 329 g/mol. The molecule has 4 nitrogen and oxygen atoms in total. The molecule has 0 aliphatic heterocycles. The molecule has 0 saturated carbocycles. The Labute approximate surface area is 124 Å². The highest BCUT2D eigenvalue weighted by atomic mass is 79.9. The Kier molecular flexibility index (Phi) is 3.28. The summed E-state index contributed by atoms with van der Waals surface area (Å²) in [5.74, 6) is -0.163. The first-order valence-corrected chi connectivity index (χ1v) is 6.94. The van der Waals surface area contributed by atoms with Crippen molar-refractivity contribution in [1.29, 1.82) is 0 Å². The molecule has 0 aliphatic rings. The summed E-state index contributed by atoms with van der Waals surface area (Å²) in [7, 11) is 0. The Balaban J connectivity index is 2.02. The maximum Gasteiger partial charge on any atom is 0.259 e. The van der Waals surface area contributed by atoms with Gasteiger partial charge in [0.2, 0.25) is 0 Å². The molecule has 100 valence electrons. The zero-order valence-corrected chi connectivity index (χ0v) is 12.4. The number of anilines is 1. The number of hydrogen-bond acceptors (Lipinski definition) is 2. The molecule has 3 rings (SSSR count). The summed E-state index contributed by atoms with van der Waals surface area (Å²) in [6.07, 6.45) is 1.53. The van der Waals surface area contributed by atoms with Gasteiger partial charge in [-0.25, -0.2) is 0 Å². The van der Waals surface area contributed by atoms with Crippen LogP contribution < -0.4 is 5.32 Å². The van der Waals surface area contributed by atoms with Crippen LogP contribution in [0.1, 0.15) is 16.1 Å². The molecule has 0 saturated heterocycles. The third kappa shape index (κ3) is 2.20. The number of hydrogen-bond donors (Lipinski definition) is 2. The van der Waals surface area contributed by atoms with Crippen LogP contribution in [0.4, 0.5) is 5.69 Å². The molecule has 2 N–H and O–H groups in total. The summed E-state index contributed by atoms with van der Waals surface area (Å²) in [5.41, 5.74) is 2.09. The predicted octanol–water partition coefficient (Wildman–Crippen LogP) is 3.89. The zero-order chi connectivity index (χ0) is 14.1. The molecule has 0 unspecified atom stereocenters. The molecule has 1 aromatic heterocycles. The van der Waals surface area contributed by atoms with Gasteiger partial charge in [0.25, 0.3) is 5.91 Å². The van der Waals surface area contributed by atoms with Crippen molar-refractivity contribution < 1.29 is 4.79 Å². The first kappa shape index (κ1) is 12.9. The number of fused-ring (bicyclic) bond motifs is 1. The van der Waals surface area contributed by atoms with Gasteiger partial charge in [-0.1, -0.05) is 40.2 Å². The second-order valence-electron chi connectivity index (χ2n) is 4.50. The number of nitrogens with zero attached hydrogens (tertiary/aromatic N) is 1. The standard InChI is InChI=1S/C15H12BrN3O/c1-9-12(8-17-19-9)15(20)18-14-7-6-13(16)10-4-2-3-5-11(10)14/h2-8H,1H3,(H,17,19)(H,18,20). The second kappa shape index (κ2) is 5.09. The highest BCUT2D eigenvalue weighted by Crippen LogP contribution is 2.30. The lowest BCUT2D eigenvalue weighted by atomic mass is 10.1. The van der Waals surface area contributed by atoms with Gasteiger partial charge in [0, 0.05) is 21.2 Å². The van der Waals surface area contributed by atoms with Gasteiger partial charge in [-0.15, -0.1) is 0 Å². The van der Waals surface area contributed by atoms with Crippen molar-refractivity contribution in [2.75, 3.05) is 5.32 Å². The molecule has 5 heteroatoms. The van der Waals surface area contributed by atoms with Crippen molar-refractivity contribution in [3.8, 4) is 0 Å². The lowest BCUT2D eigenvalue weighted by molar-refractivity contribution is 0.102. The number of aromatic nitrogens is 2. The first-order valence-electron chi connectivity index (χ1n) is 6.15. The fourth-order valence-corrected chi connectivity index (χ4v) is 2.62. The minimum absolute atomic E-state index is 0.163. The van der Waals surface area contributed by atoms with Crippen LogP contribution in [0.15, 0.2) is 47.1 Å². The van der Waals surface area contributed by atoms with Crippen LogP contribution >= 0.6 is 15.9 Å². The van der Waals surface area contributed by atoms with Gasteiger partial charge in [0.1, 0.15) is 0 Å². The van der Waals surface area contributed by atoms with E-state index in [0.717, 1.165) is 26.6 Å². The Bertz CT molecular complexity index is 795. The molecule has 0 radical (unpaired) electrons. The van der Waals surface area contributed by atoms with Gasteiger partial charge >= 0.3 is 0 Å². The van der Waals surface area contributed by atoms with Crippen molar-refractivity contribution in [3.05, 3.63) is 58.3 Å². The largest absolute Gasteiger partial charge is 0.321 e. The van der Waals surface area contributed by atoms with Crippen molar-refractivity contribution in [2.24, 2.45) is 0 Å². The lowest BCUT2D eigenvalue weighted by Gasteiger charge is -2.09. The van der Waals surface area contributed by atoms with Crippen molar-refractivity contribution in [1.82, 2.24) is 10.2 Å². The third-order valence-electron chi connectivity index (χ3n) is 3.19. The SMILES string of the molecule is Cc1[nH]ncc1C(=O)Nc1ccc(Br)c2ccccc12. The summed E-state index contributed by atoms with van der Waals surface area (Å²) in [5, 5.41) is 11.6. The maximum absolute atomic E-state index is 12.2. The molecule has 0 bridgehead atoms. The molecule has 0 atom stereocenters. The highest BCUT2D eigenvalue weighted by Gasteiger charge is 2.12. The molecule has 0 spiro atoms. The van der Waals surface area contributed by atoms with Crippen molar-refractivity contribution >= 4 is 38.3 Å². The maximum atomic E-state index is 12.2. The molecule has 0 aliphatic carbocycles. The molecule has 20 heavy (non-hydrogen) atoms. The molecular weight excluding hydrogens is 318 g/mol. The Morgan fingerprint density at radius 1 is 1.20 bits per heavy atom. The summed E-state index contributed by atoms with van der Waals surface area (Å²) in [6, 6.07) is 11.7. The Morgan fingerprint density at radius 2 is 1.95 bits per heavy atom. The number of H-pyrrole nitrogens is 1. The van der Waals surface area contributed by atoms with Gasteiger partial charge in [0.15, 0.2) is 0 Å². The molecule has 2 aromatic carbocycles. The van der Waals surface area contributed by atoms with Gasteiger partial charge in [-0.05, 0) is 24.4 Å². The smallest absolute Gasteiger partial charge is 0.259 e. The zero-order valence-electron chi connectivity index (χ0n) is 10.8. The number of amides is 1. The van der Waals surface area contributed by atoms with E-state index in [2.05, 4.69) is 31.4 Å². The van der Waals surface area contributed by atoms with Crippen molar-refractivity contribution in [3.63, 3.8) is 0 Å². The number of carbonyl (C=O) groups excluding carboxylic acids is 1. The van der Waals surface area contributed by atoms with Crippen LogP contribution in [0.2, 0.25) is 0 Å². The van der Waals surface area contributed by atoms with E-state index in [4.69, 9.17) is 0 Å². The van der Waals surface area contributed by atoms with E-state index in [0.29, 0.717) is 5.56 Å². The number of aryl methyl sites for hydroxylation is 1. The average Bonchev–Trinajstić information content (AvgIpc) is 2.88. The summed E-state index contributed by atoms with van der Waals surface area (Å²) >= 11 is 3.52. The molecule has 3 aromatic rings. The number of halogens is 1. The topological polar surface area (TPSA) is 57.8 Å². The van der Waals surface area contributed by atoms with E-state index >= 15 is 0 Å². The Morgan fingerprint density at radius 3 is 2.65 bits per heavy atom. The van der Waals surface area contributed by atoms with E-state index in [1.807, 2.05) is 43.3 Å². The van der Waals surface area contributed by atoms with Crippen LogP contribution in [0.25, 0.3) is 10.8 Å². The molecular formula is C15H12BrN3O. The van der Waals surface area contributed by atoms with Crippen LogP contribution in [0, 0.1) is 6.92 Å². The summed E-state index contributed by atoms with van der Waals surface area (Å²) in [4.78, 5) is 12.2. The summed E-state index contributed by atoms with van der Waals surface area (Å²) in [6.45, 7) is 1.82. The number of benzene rings is 2. The number of aromatic amines is 1. The second-order valence-corrected chi connectivity index (χ2v) is 5.36. The van der Waals surface area contributed by atoms with E-state index in [1.165, 1.54) is 6.20 Å². The van der Waals surface area contributed by atoms with Gasteiger partial charge < -0.3 is 5.32 Å². The quantitative estimate of drug-likeness (QED) is 0.749. The normalized spacial score (nSPS) is 10.7. The van der Waals surface area contributed by atoms with Crippen LogP contribution in [-0.4, -0.2) is 16.1 Å². The minimum Gasteiger partial charge on any atom is -0.321 e. The van der Waals surface area contributed by atoms with E-state index in [1.54, 1.807) is 0 Å².